The van der Waals surface area contributed by atoms with Crippen LogP contribution in [-0.4, -0.2) is 16.2 Å². The molecule has 0 atom stereocenters. The molecule has 2 aromatic rings. The number of rotatable bonds is 7. The summed E-state index contributed by atoms with van der Waals surface area (Å²) in [6, 6.07) is 6.78. The predicted molar refractivity (Wildman–Crippen MR) is 71.5 cm³/mol. The van der Waals surface area contributed by atoms with Gasteiger partial charge in [-0.25, -0.2) is 4.98 Å². The molecule has 4 nitrogen and oxygen atoms in total. The summed E-state index contributed by atoms with van der Waals surface area (Å²) < 4.78 is 31.1. The minimum Gasteiger partial charge on any atom is -0.434 e. The number of alkyl halides is 2. The van der Waals surface area contributed by atoms with Gasteiger partial charge in [0.2, 0.25) is 0 Å². The minimum atomic E-state index is -2.81. The monoisotopic (exact) mass is 281 g/mol. The van der Waals surface area contributed by atoms with E-state index in [9.17, 15) is 8.78 Å². The number of aromatic nitrogens is 2. The number of imidazole rings is 1. The first-order valence-corrected chi connectivity index (χ1v) is 6.43. The van der Waals surface area contributed by atoms with E-state index < -0.39 is 6.61 Å². The van der Waals surface area contributed by atoms with E-state index in [1.165, 1.54) is 0 Å². The SMILES string of the molecule is CCn1cncc1CNCc1ccccc1OC(F)F. The van der Waals surface area contributed by atoms with Gasteiger partial charge in [0.05, 0.1) is 12.0 Å². The Balaban J connectivity index is 1.94. The van der Waals surface area contributed by atoms with E-state index in [-0.39, 0.29) is 5.75 Å². The van der Waals surface area contributed by atoms with Crippen LogP contribution in [-0.2, 0) is 19.6 Å². The van der Waals surface area contributed by atoms with E-state index in [0.29, 0.717) is 18.7 Å². The molecule has 20 heavy (non-hydrogen) atoms. The summed E-state index contributed by atoms with van der Waals surface area (Å²) in [5.74, 6) is 0.207. The van der Waals surface area contributed by atoms with Gasteiger partial charge in [0.15, 0.2) is 0 Å². The molecule has 0 aliphatic heterocycles. The van der Waals surface area contributed by atoms with Gasteiger partial charge in [-0.15, -0.1) is 0 Å². The highest BCUT2D eigenvalue weighted by atomic mass is 19.3. The van der Waals surface area contributed by atoms with Crippen molar-refractivity contribution in [1.29, 1.82) is 0 Å². The number of halogens is 2. The summed E-state index contributed by atoms with van der Waals surface area (Å²) in [6.07, 6.45) is 3.56. The van der Waals surface area contributed by atoms with E-state index in [1.807, 2.05) is 11.5 Å². The Morgan fingerprint density at radius 1 is 1.30 bits per heavy atom. The van der Waals surface area contributed by atoms with Gasteiger partial charge < -0.3 is 14.6 Å². The van der Waals surface area contributed by atoms with Gasteiger partial charge in [0.25, 0.3) is 0 Å². The smallest absolute Gasteiger partial charge is 0.387 e. The number of benzene rings is 1. The number of nitrogens with zero attached hydrogens (tertiary/aromatic N) is 2. The molecule has 0 saturated heterocycles. The van der Waals surface area contributed by atoms with E-state index >= 15 is 0 Å². The summed E-state index contributed by atoms with van der Waals surface area (Å²) in [7, 11) is 0. The molecule has 1 N–H and O–H groups in total. The molecular formula is C14H17F2N3O. The average molecular weight is 281 g/mol. The van der Waals surface area contributed by atoms with Crippen LogP contribution in [0.3, 0.4) is 0 Å². The van der Waals surface area contributed by atoms with Crippen LogP contribution in [0, 0.1) is 0 Å². The van der Waals surface area contributed by atoms with Crippen molar-refractivity contribution < 1.29 is 13.5 Å². The van der Waals surface area contributed by atoms with Crippen molar-refractivity contribution >= 4 is 0 Å². The van der Waals surface area contributed by atoms with Crippen LogP contribution < -0.4 is 10.1 Å². The van der Waals surface area contributed by atoms with Crippen molar-refractivity contribution in [1.82, 2.24) is 14.9 Å². The maximum atomic E-state index is 12.3. The average Bonchev–Trinajstić information content (AvgIpc) is 2.87. The van der Waals surface area contributed by atoms with Gasteiger partial charge in [-0.1, -0.05) is 18.2 Å². The lowest BCUT2D eigenvalue weighted by atomic mass is 10.2. The molecule has 1 aromatic carbocycles. The molecule has 108 valence electrons. The molecule has 0 bridgehead atoms. The Kier molecular flexibility index (Phi) is 5.06. The molecule has 0 amide bonds. The van der Waals surface area contributed by atoms with Crippen molar-refractivity contribution in [2.75, 3.05) is 0 Å². The van der Waals surface area contributed by atoms with Gasteiger partial charge in [0.1, 0.15) is 5.75 Å². The first-order valence-electron chi connectivity index (χ1n) is 6.43. The topological polar surface area (TPSA) is 39.1 Å². The Bertz CT molecular complexity index is 543. The molecular weight excluding hydrogens is 264 g/mol. The quantitative estimate of drug-likeness (QED) is 0.848. The van der Waals surface area contributed by atoms with Crippen LogP contribution in [0.2, 0.25) is 0 Å². The second-order valence-electron chi connectivity index (χ2n) is 4.26. The normalized spacial score (nSPS) is 11.0. The molecule has 0 radical (unpaired) electrons. The Morgan fingerprint density at radius 2 is 2.10 bits per heavy atom. The standard InChI is InChI=1S/C14H17F2N3O/c1-2-19-10-18-9-12(19)8-17-7-11-5-3-4-6-13(11)20-14(15)16/h3-6,9-10,14,17H,2,7-8H2,1H3. The molecule has 1 aromatic heterocycles. The number of hydrogen-bond donors (Lipinski definition) is 1. The molecule has 0 spiro atoms. The minimum absolute atomic E-state index is 0.207. The van der Waals surface area contributed by atoms with Crippen molar-refractivity contribution in [3.8, 4) is 5.75 Å². The van der Waals surface area contributed by atoms with Crippen LogP contribution in [0.25, 0.3) is 0 Å². The largest absolute Gasteiger partial charge is 0.434 e. The van der Waals surface area contributed by atoms with Crippen LogP contribution in [0.5, 0.6) is 5.75 Å². The third-order valence-corrected chi connectivity index (χ3v) is 2.95. The van der Waals surface area contributed by atoms with Crippen molar-refractivity contribution in [2.24, 2.45) is 0 Å². The third-order valence-electron chi connectivity index (χ3n) is 2.95. The van der Waals surface area contributed by atoms with Gasteiger partial charge in [0, 0.05) is 31.4 Å². The van der Waals surface area contributed by atoms with Crippen LogP contribution >= 0.6 is 0 Å². The molecule has 6 heteroatoms. The highest BCUT2D eigenvalue weighted by molar-refractivity contribution is 5.33. The molecule has 0 unspecified atom stereocenters. The zero-order valence-corrected chi connectivity index (χ0v) is 11.2. The predicted octanol–water partition coefficient (Wildman–Crippen LogP) is 2.79. The Labute approximate surface area is 116 Å². The first kappa shape index (κ1) is 14.5. The van der Waals surface area contributed by atoms with E-state index in [4.69, 9.17) is 0 Å². The van der Waals surface area contributed by atoms with Crippen LogP contribution in [0.15, 0.2) is 36.8 Å². The van der Waals surface area contributed by atoms with Crippen molar-refractivity contribution in [3.63, 3.8) is 0 Å². The zero-order valence-electron chi connectivity index (χ0n) is 11.2. The lowest BCUT2D eigenvalue weighted by Crippen LogP contribution is -2.16. The lowest BCUT2D eigenvalue weighted by Gasteiger charge is -2.11. The van der Waals surface area contributed by atoms with Gasteiger partial charge in [-0.05, 0) is 13.0 Å². The summed E-state index contributed by atoms with van der Waals surface area (Å²) in [5, 5.41) is 3.21. The summed E-state index contributed by atoms with van der Waals surface area (Å²) in [4.78, 5) is 4.07. The second-order valence-corrected chi connectivity index (χ2v) is 4.26. The van der Waals surface area contributed by atoms with Gasteiger partial charge in [-0.3, -0.25) is 0 Å². The molecule has 0 aliphatic carbocycles. The number of hydrogen-bond acceptors (Lipinski definition) is 3. The Morgan fingerprint density at radius 3 is 2.85 bits per heavy atom. The fourth-order valence-corrected chi connectivity index (χ4v) is 1.97. The highest BCUT2D eigenvalue weighted by Gasteiger charge is 2.09. The van der Waals surface area contributed by atoms with Crippen molar-refractivity contribution in [3.05, 3.63) is 48.0 Å². The fraction of sp³-hybridized carbons (Fsp3) is 0.357. The van der Waals surface area contributed by atoms with Crippen LogP contribution in [0.4, 0.5) is 8.78 Å². The molecule has 0 saturated carbocycles. The van der Waals surface area contributed by atoms with E-state index in [1.54, 1.807) is 36.8 Å². The molecule has 1 heterocycles. The summed E-state index contributed by atoms with van der Waals surface area (Å²) in [6.45, 7) is 1.16. The van der Waals surface area contributed by atoms with Crippen LogP contribution in [0.1, 0.15) is 18.2 Å². The van der Waals surface area contributed by atoms with Gasteiger partial charge in [-0.2, -0.15) is 8.78 Å². The Hall–Kier alpha value is -1.95. The molecule has 0 aliphatic rings. The molecule has 2 rings (SSSR count). The summed E-state index contributed by atoms with van der Waals surface area (Å²) in [5.41, 5.74) is 1.76. The first-order chi connectivity index (χ1) is 9.70. The number of nitrogens with one attached hydrogen (secondary N) is 1. The fourth-order valence-electron chi connectivity index (χ4n) is 1.97. The van der Waals surface area contributed by atoms with E-state index in [0.717, 1.165) is 12.2 Å². The second kappa shape index (κ2) is 7.00. The molecule has 0 fully saturated rings. The highest BCUT2D eigenvalue weighted by Crippen LogP contribution is 2.20. The van der Waals surface area contributed by atoms with Crippen molar-refractivity contribution in [2.45, 2.75) is 33.2 Å². The maximum absolute atomic E-state index is 12.3. The number of aryl methyl sites for hydroxylation is 1. The zero-order chi connectivity index (χ0) is 14.4. The summed E-state index contributed by atoms with van der Waals surface area (Å²) >= 11 is 0. The van der Waals surface area contributed by atoms with E-state index in [2.05, 4.69) is 15.0 Å². The number of para-hydroxylation sites is 1. The lowest BCUT2D eigenvalue weighted by molar-refractivity contribution is -0.0505. The van der Waals surface area contributed by atoms with Gasteiger partial charge >= 0.3 is 6.61 Å². The maximum Gasteiger partial charge on any atom is 0.387 e. The third kappa shape index (κ3) is 3.77. The number of ether oxygens (including phenoxy) is 1.